The first-order valence-electron chi connectivity index (χ1n) is 10.3. The van der Waals surface area contributed by atoms with Gasteiger partial charge in [0.25, 0.3) is 5.91 Å². The summed E-state index contributed by atoms with van der Waals surface area (Å²) in [4.78, 5) is 21.0. The monoisotopic (exact) mass is 422 g/mol. The Morgan fingerprint density at radius 3 is 2.30 bits per heavy atom. The molecule has 30 heavy (non-hydrogen) atoms. The molecule has 2 aromatic carbocycles. The van der Waals surface area contributed by atoms with Crippen molar-refractivity contribution in [3.63, 3.8) is 0 Å². The maximum absolute atomic E-state index is 13.7. The van der Waals surface area contributed by atoms with E-state index >= 15 is 0 Å². The van der Waals surface area contributed by atoms with Crippen molar-refractivity contribution in [2.45, 2.75) is 44.7 Å². The third-order valence-corrected chi connectivity index (χ3v) is 6.33. The van der Waals surface area contributed by atoms with Gasteiger partial charge in [0, 0.05) is 11.1 Å². The van der Waals surface area contributed by atoms with Crippen LogP contribution in [0.15, 0.2) is 47.5 Å². The number of thiocarbonyl (C=S) groups is 1. The van der Waals surface area contributed by atoms with Crippen LogP contribution in [0.25, 0.3) is 0 Å². The van der Waals surface area contributed by atoms with Crippen LogP contribution in [0.3, 0.4) is 0 Å². The zero-order valence-electron chi connectivity index (χ0n) is 17.6. The molecule has 1 heterocycles. The smallest absolute Gasteiger partial charge is 0.261 e. The standard InChI is InChI=1S/C24H26N2O3S/c1-16-7-9-17(10-8-16)21-23(30)26(24(25-21)13-5-4-6-14-24)22(27)18-11-12-19(28-2)20(15-18)29-3/h7-12,15H,4-6,13-14H2,1-3H3. The van der Waals surface area contributed by atoms with Crippen LogP contribution >= 0.6 is 12.2 Å². The summed E-state index contributed by atoms with van der Waals surface area (Å²) in [6.45, 7) is 2.05. The number of carbonyl (C=O) groups excluding carboxylic acids is 1. The largest absolute Gasteiger partial charge is 0.493 e. The summed E-state index contributed by atoms with van der Waals surface area (Å²) in [5.41, 5.74) is 2.79. The van der Waals surface area contributed by atoms with E-state index in [1.165, 1.54) is 5.56 Å². The molecule has 0 atom stereocenters. The molecule has 1 aliphatic carbocycles. The van der Waals surface area contributed by atoms with E-state index in [1.807, 2.05) is 31.2 Å². The van der Waals surface area contributed by atoms with Gasteiger partial charge in [-0.1, -0.05) is 48.5 Å². The zero-order valence-corrected chi connectivity index (χ0v) is 18.4. The van der Waals surface area contributed by atoms with Crippen molar-refractivity contribution in [1.29, 1.82) is 0 Å². The van der Waals surface area contributed by atoms with E-state index in [0.29, 0.717) is 22.1 Å². The lowest BCUT2D eigenvalue weighted by atomic mass is 9.88. The molecule has 0 N–H and O–H groups in total. The highest BCUT2D eigenvalue weighted by molar-refractivity contribution is 7.82. The van der Waals surface area contributed by atoms with Gasteiger partial charge in [0.2, 0.25) is 0 Å². The number of ether oxygens (including phenoxy) is 2. The highest BCUT2D eigenvalue weighted by Crippen LogP contribution is 2.41. The summed E-state index contributed by atoms with van der Waals surface area (Å²) in [6, 6.07) is 13.4. The lowest BCUT2D eigenvalue weighted by Gasteiger charge is -2.38. The molecule has 2 aliphatic rings. The van der Waals surface area contributed by atoms with Gasteiger partial charge >= 0.3 is 0 Å². The first-order chi connectivity index (χ1) is 14.5. The number of hydrogen-bond donors (Lipinski definition) is 0. The van der Waals surface area contributed by atoms with Gasteiger partial charge in [-0.15, -0.1) is 0 Å². The molecular weight excluding hydrogens is 396 g/mol. The SMILES string of the molecule is COc1ccc(C(=O)N2C(=S)C(c3ccc(C)cc3)=NC23CCCCC3)cc1OC. The molecular formula is C24H26N2O3S. The summed E-state index contributed by atoms with van der Waals surface area (Å²) < 4.78 is 10.7. The second-order valence-electron chi connectivity index (χ2n) is 7.89. The lowest BCUT2D eigenvalue weighted by molar-refractivity contribution is 0.0648. The summed E-state index contributed by atoms with van der Waals surface area (Å²) >= 11 is 5.83. The number of nitrogens with zero attached hydrogens (tertiary/aromatic N) is 2. The quantitative estimate of drug-likeness (QED) is 0.655. The normalized spacial score (nSPS) is 17.8. The van der Waals surface area contributed by atoms with E-state index in [9.17, 15) is 4.79 Å². The minimum atomic E-state index is -0.597. The van der Waals surface area contributed by atoms with E-state index in [-0.39, 0.29) is 5.91 Å². The summed E-state index contributed by atoms with van der Waals surface area (Å²) in [5, 5.41) is 0. The average Bonchev–Trinajstić information content (AvgIpc) is 3.05. The predicted octanol–water partition coefficient (Wildman–Crippen LogP) is 4.95. The van der Waals surface area contributed by atoms with Crippen molar-refractivity contribution < 1.29 is 14.3 Å². The maximum atomic E-state index is 13.7. The molecule has 1 spiro atoms. The minimum absolute atomic E-state index is 0.145. The van der Waals surface area contributed by atoms with E-state index in [4.69, 9.17) is 26.7 Å². The molecule has 0 bridgehead atoms. The molecule has 6 heteroatoms. The van der Waals surface area contributed by atoms with Crippen molar-refractivity contribution in [3.8, 4) is 11.5 Å². The van der Waals surface area contributed by atoms with Crippen LogP contribution in [-0.4, -0.2) is 41.4 Å². The van der Waals surface area contributed by atoms with E-state index in [2.05, 4.69) is 0 Å². The van der Waals surface area contributed by atoms with Gasteiger partial charge in [-0.3, -0.25) is 14.7 Å². The molecule has 0 saturated heterocycles. The Morgan fingerprint density at radius 1 is 1.00 bits per heavy atom. The number of rotatable bonds is 4. The topological polar surface area (TPSA) is 51.1 Å². The third-order valence-electron chi connectivity index (χ3n) is 5.95. The lowest BCUT2D eigenvalue weighted by Crippen LogP contribution is -2.50. The zero-order chi connectivity index (χ0) is 21.3. The summed E-state index contributed by atoms with van der Waals surface area (Å²) in [6.07, 6.45) is 4.86. The molecule has 156 valence electrons. The fraction of sp³-hybridized carbons (Fsp3) is 0.375. The highest BCUT2D eigenvalue weighted by Gasteiger charge is 2.49. The molecule has 0 aromatic heterocycles. The molecule has 4 rings (SSSR count). The number of hydrogen-bond acceptors (Lipinski definition) is 5. The van der Waals surface area contributed by atoms with Gasteiger partial charge in [-0.2, -0.15) is 0 Å². The number of benzene rings is 2. The fourth-order valence-corrected chi connectivity index (χ4v) is 4.75. The Bertz CT molecular complexity index is 1010. The van der Waals surface area contributed by atoms with Crippen LogP contribution in [0.2, 0.25) is 0 Å². The van der Waals surface area contributed by atoms with Gasteiger partial charge in [-0.25, -0.2) is 0 Å². The van der Waals surface area contributed by atoms with E-state index in [1.54, 1.807) is 37.3 Å². The first-order valence-corrected chi connectivity index (χ1v) is 10.7. The second kappa shape index (κ2) is 8.19. The van der Waals surface area contributed by atoms with Gasteiger partial charge in [0.15, 0.2) is 11.5 Å². The van der Waals surface area contributed by atoms with Gasteiger partial charge < -0.3 is 9.47 Å². The van der Waals surface area contributed by atoms with Crippen molar-refractivity contribution in [1.82, 2.24) is 4.90 Å². The number of methoxy groups -OCH3 is 2. The van der Waals surface area contributed by atoms with Gasteiger partial charge in [-0.05, 0) is 50.8 Å². The van der Waals surface area contributed by atoms with Crippen LogP contribution in [0.1, 0.15) is 53.6 Å². The second-order valence-corrected chi connectivity index (χ2v) is 8.27. The Morgan fingerprint density at radius 2 is 1.67 bits per heavy atom. The van der Waals surface area contributed by atoms with E-state index in [0.717, 1.165) is 43.4 Å². The Labute approximate surface area is 182 Å². The number of aliphatic imine (C=N–C) groups is 1. The molecule has 1 saturated carbocycles. The van der Waals surface area contributed by atoms with Gasteiger partial charge in [0.05, 0.1) is 14.2 Å². The summed E-state index contributed by atoms with van der Waals surface area (Å²) in [7, 11) is 3.14. The van der Waals surface area contributed by atoms with Crippen molar-refractivity contribution >= 4 is 28.8 Å². The van der Waals surface area contributed by atoms with Crippen molar-refractivity contribution in [2.75, 3.05) is 14.2 Å². The van der Waals surface area contributed by atoms with Crippen LogP contribution in [0.5, 0.6) is 11.5 Å². The third kappa shape index (κ3) is 3.49. The van der Waals surface area contributed by atoms with Crippen molar-refractivity contribution in [3.05, 3.63) is 59.2 Å². The molecule has 5 nitrogen and oxygen atoms in total. The van der Waals surface area contributed by atoms with Gasteiger partial charge in [0.1, 0.15) is 16.4 Å². The average molecular weight is 423 g/mol. The summed E-state index contributed by atoms with van der Waals surface area (Å²) in [5.74, 6) is 0.960. The van der Waals surface area contributed by atoms with Crippen LogP contribution in [-0.2, 0) is 0 Å². The number of amides is 1. The van der Waals surface area contributed by atoms with Crippen LogP contribution < -0.4 is 9.47 Å². The highest BCUT2D eigenvalue weighted by atomic mass is 32.1. The van der Waals surface area contributed by atoms with E-state index < -0.39 is 5.66 Å². The first kappa shape index (κ1) is 20.5. The minimum Gasteiger partial charge on any atom is -0.493 e. The number of carbonyl (C=O) groups is 1. The number of aryl methyl sites for hydroxylation is 1. The molecule has 1 fully saturated rings. The predicted molar refractivity (Wildman–Crippen MR) is 122 cm³/mol. The Hall–Kier alpha value is -2.73. The molecule has 1 aliphatic heterocycles. The maximum Gasteiger partial charge on any atom is 0.261 e. The van der Waals surface area contributed by atoms with Crippen LogP contribution in [0, 0.1) is 6.92 Å². The molecule has 0 unspecified atom stereocenters. The molecule has 0 radical (unpaired) electrons. The molecule has 2 aromatic rings. The Balaban J connectivity index is 1.75. The Kier molecular flexibility index (Phi) is 5.60. The van der Waals surface area contributed by atoms with Crippen molar-refractivity contribution in [2.24, 2.45) is 4.99 Å². The van der Waals surface area contributed by atoms with Crippen LogP contribution in [0.4, 0.5) is 0 Å². The fourth-order valence-electron chi connectivity index (χ4n) is 4.33. The molecule has 1 amide bonds.